The van der Waals surface area contributed by atoms with Gasteiger partial charge in [0.2, 0.25) is 0 Å². The molecule has 0 radical (unpaired) electrons. The molecule has 4 aromatic rings. The molecule has 0 unspecified atom stereocenters. The number of rotatable bonds is 1. The van der Waals surface area contributed by atoms with Crippen LogP contribution in [0.1, 0.15) is 25.6 Å². The van der Waals surface area contributed by atoms with Crippen molar-refractivity contribution in [2.75, 3.05) is 5.73 Å². The fourth-order valence-electron chi connectivity index (χ4n) is 4.01. The van der Waals surface area contributed by atoms with Crippen LogP contribution in [0.15, 0.2) is 36.7 Å². The lowest BCUT2D eigenvalue weighted by molar-refractivity contribution is 0.243. The summed E-state index contributed by atoms with van der Waals surface area (Å²) in [5, 5.41) is 4.83. The Bertz CT molecular complexity index is 1200. The molecule has 0 fully saturated rings. The fraction of sp³-hybridized carbons (Fsp3) is 0.211. The number of nitrogens with zero attached hydrogens (tertiary/aromatic N) is 4. The maximum Gasteiger partial charge on any atom is 0.326 e. The van der Waals surface area contributed by atoms with Gasteiger partial charge in [0.1, 0.15) is 17.8 Å². The molecule has 0 spiro atoms. The van der Waals surface area contributed by atoms with Crippen molar-refractivity contribution in [3.05, 3.63) is 42.4 Å². The summed E-state index contributed by atoms with van der Waals surface area (Å²) in [7, 11) is 0. The Morgan fingerprint density at radius 3 is 2.85 bits per heavy atom. The minimum absolute atomic E-state index is 0.142. The number of hydrogen-bond donors (Lipinski definition) is 2. The largest absolute Gasteiger partial charge is 0.383 e. The van der Waals surface area contributed by atoms with Gasteiger partial charge < -0.3 is 15.6 Å². The molecule has 130 valence electrons. The highest BCUT2D eigenvalue weighted by Gasteiger charge is 2.30. The number of nitrogens with two attached hydrogens (primary N) is 1. The lowest BCUT2D eigenvalue weighted by Gasteiger charge is -2.14. The van der Waals surface area contributed by atoms with Gasteiger partial charge in [0, 0.05) is 22.7 Å². The average molecular weight is 346 g/mol. The van der Waals surface area contributed by atoms with Crippen LogP contribution in [0.25, 0.3) is 33.2 Å². The van der Waals surface area contributed by atoms with Gasteiger partial charge in [0.05, 0.1) is 23.1 Å². The van der Waals surface area contributed by atoms with E-state index in [4.69, 9.17) is 5.73 Å². The van der Waals surface area contributed by atoms with Crippen LogP contribution in [0, 0.1) is 0 Å². The third-order valence-electron chi connectivity index (χ3n) is 5.01. The van der Waals surface area contributed by atoms with Crippen LogP contribution in [-0.2, 0) is 6.54 Å². The lowest BCUT2D eigenvalue weighted by atomic mass is 10.1. The van der Waals surface area contributed by atoms with E-state index in [1.165, 1.54) is 6.33 Å². The van der Waals surface area contributed by atoms with E-state index in [1.54, 1.807) is 4.57 Å². The molecule has 26 heavy (non-hydrogen) atoms. The molecule has 5 rings (SSSR count). The molecule has 3 aromatic heterocycles. The molecule has 1 aliphatic rings. The number of carbonyl (C=O) groups is 1. The summed E-state index contributed by atoms with van der Waals surface area (Å²) in [6, 6.07) is 9.92. The van der Waals surface area contributed by atoms with E-state index in [0.717, 1.165) is 38.9 Å². The maximum absolute atomic E-state index is 12.8. The van der Waals surface area contributed by atoms with Gasteiger partial charge in [-0.15, -0.1) is 0 Å². The molecule has 0 bridgehead atoms. The van der Waals surface area contributed by atoms with E-state index in [2.05, 4.69) is 33.7 Å². The number of nitrogens with one attached hydrogen (secondary N) is 1. The Balaban J connectivity index is 2.01. The topological polar surface area (TPSA) is 90.8 Å². The Morgan fingerprint density at radius 1 is 1.23 bits per heavy atom. The van der Waals surface area contributed by atoms with Gasteiger partial charge in [-0.25, -0.2) is 14.8 Å². The van der Waals surface area contributed by atoms with Gasteiger partial charge in [-0.3, -0.25) is 4.57 Å². The Hall–Kier alpha value is -3.35. The molecule has 0 atom stereocenters. The quantitative estimate of drug-likeness (QED) is 0.553. The number of benzene rings is 1. The zero-order chi connectivity index (χ0) is 18.0. The standard InChI is InChI=1S/C19H18N6O/c1-10(2)24-14-8-21-19(26)25-12-6-4-3-5-11(12)7-13(25)15(14)16-17(20)22-9-23-18(16)24/h3-7,9-10H,8H2,1-2H3,(H,21,26)(H2,20,22,23). The molecular formula is C19H18N6O. The van der Waals surface area contributed by atoms with Crippen LogP contribution in [0.5, 0.6) is 0 Å². The normalized spacial score (nSPS) is 13.7. The summed E-state index contributed by atoms with van der Waals surface area (Å²) in [4.78, 5) is 21.5. The number of para-hydroxylation sites is 1. The van der Waals surface area contributed by atoms with Crippen LogP contribution in [-0.4, -0.2) is 25.1 Å². The van der Waals surface area contributed by atoms with Crippen molar-refractivity contribution in [3.8, 4) is 11.3 Å². The van der Waals surface area contributed by atoms with Crippen molar-refractivity contribution in [1.29, 1.82) is 0 Å². The van der Waals surface area contributed by atoms with Crippen LogP contribution >= 0.6 is 0 Å². The number of aromatic nitrogens is 4. The van der Waals surface area contributed by atoms with Crippen LogP contribution in [0.3, 0.4) is 0 Å². The second-order valence-electron chi connectivity index (χ2n) is 6.83. The molecule has 4 heterocycles. The van der Waals surface area contributed by atoms with Gasteiger partial charge in [0.25, 0.3) is 0 Å². The summed E-state index contributed by atoms with van der Waals surface area (Å²) in [6.45, 7) is 4.61. The van der Waals surface area contributed by atoms with Gasteiger partial charge in [-0.2, -0.15) is 0 Å². The van der Waals surface area contributed by atoms with Crippen molar-refractivity contribution in [2.45, 2.75) is 26.4 Å². The summed E-state index contributed by atoms with van der Waals surface area (Å²) >= 11 is 0. The predicted molar refractivity (Wildman–Crippen MR) is 101 cm³/mol. The first-order chi connectivity index (χ1) is 12.6. The third kappa shape index (κ3) is 1.79. The number of hydrogen-bond acceptors (Lipinski definition) is 4. The van der Waals surface area contributed by atoms with Crippen molar-refractivity contribution in [1.82, 2.24) is 24.4 Å². The first-order valence-electron chi connectivity index (χ1n) is 8.60. The minimum atomic E-state index is -0.142. The molecule has 1 aliphatic heterocycles. The zero-order valence-electron chi connectivity index (χ0n) is 14.5. The van der Waals surface area contributed by atoms with E-state index in [9.17, 15) is 4.79 Å². The number of carbonyl (C=O) groups excluding carboxylic acids is 1. The molecule has 0 saturated carbocycles. The van der Waals surface area contributed by atoms with Gasteiger partial charge in [0.15, 0.2) is 0 Å². The maximum atomic E-state index is 12.8. The van der Waals surface area contributed by atoms with E-state index in [0.29, 0.717) is 12.4 Å². The van der Waals surface area contributed by atoms with E-state index in [1.807, 2.05) is 30.3 Å². The fourth-order valence-corrected chi connectivity index (χ4v) is 4.01. The van der Waals surface area contributed by atoms with E-state index < -0.39 is 0 Å². The van der Waals surface area contributed by atoms with E-state index in [-0.39, 0.29) is 12.1 Å². The van der Waals surface area contributed by atoms with Gasteiger partial charge in [-0.05, 0) is 26.0 Å². The van der Waals surface area contributed by atoms with Gasteiger partial charge in [-0.1, -0.05) is 18.2 Å². The molecule has 3 N–H and O–H groups in total. The number of nitrogen functional groups attached to an aromatic ring is 1. The summed E-state index contributed by atoms with van der Waals surface area (Å²) in [5.41, 5.74) is 10.7. The number of fused-ring (bicyclic) bond motifs is 7. The highest BCUT2D eigenvalue weighted by molar-refractivity contribution is 6.08. The highest BCUT2D eigenvalue weighted by atomic mass is 16.2. The van der Waals surface area contributed by atoms with E-state index >= 15 is 0 Å². The molecule has 0 aliphatic carbocycles. The number of amides is 1. The van der Waals surface area contributed by atoms with Gasteiger partial charge >= 0.3 is 6.03 Å². The third-order valence-corrected chi connectivity index (χ3v) is 5.01. The van der Waals surface area contributed by atoms with Crippen LogP contribution in [0.4, 0.5) is 10.6 Å². The Kier molecular flexibility index (Phi) is 2.92. The van der Waals surface area contributed by atoms with Crippen molar-refractivity contribution < 1.29 is 4.79 Å². The van der Waals surface area contributed by atoms with Crippen molar-refractivity contribution >= 4 is 33.8 Å². The average Bonchev–Trinajstić information content (AvgIpc) is 3.12. The number of anilines is 1. The Morgan fingerprint density at radius 2 is 2.04 bits per heavy atom. The molecular weight excluding hydrogens is 328 g/mol. The van der Waals surface area contributed by atoms with Crippen molar-refractivity contribution in [3.63, 3.8) is 0 Å². The molecule has 1 amide bonds. The highest BCUT2D eigenvalue weighted by Crippen LogP contribution is 2.41. The van der Waals surface area contributed by atoms with Crippen LogP contribution in [0.2, 0.25) is 0 Å². The monoisotopic (exact) mass is 346 g/mol. The minimum Gasteiger partial charge on any atom is -0.383 e. The molecule has 7 heteroatoms. The molecule has 0 saturated heterocycles. The summed E-state index contributed by atoms with van der Waals surface area (Å²) in [6.07, 6.45) is 1.49. The SMILES string of the molecule is CC(C)n1c2c(c3c(N)ncnc31)-c1cc3ccccc3n1C(=O)NC2. The summed E-state index contributed by atoms with van der Waals surface area (Å²) < 4.78 is 3.86. The Labute approximate surface area is 149 Å². The van der Waals surface area contributed by atoms with Crippen LogP contribution < -0.4 is 11.1 Å². The van der Waals surface area contributed by atoms with Crippen molar-refractivity contribution in [2.24, 2.45) is 0 Å². The first-order valence-corrected chi connectivity index (χ1v) is 8.60. The first kappa shape index (κ1) is 14.9. The lowest BCUT2D eigenvalue weighted by Crippen LogP contribution is -2.27. The second-order valence-corrected chi connectivity index (χ2v) is 6.83. The second kappa shape index (κ2) is 5.08. The smallest absolute Gasteiger partial charge is 0.326 e. The molecule has 7 nitrogen and oxygen atoms in total. The predicted octanol–water partition coefficient (Wildman–Crippen LogP) is 3.29. The zero-order valence-corrected chi connectivity index (χ0v) is 14.5. The summed E-state index contributed by atoms with van der Waals surface area (Å²) in [5.74, 6) is 0.428. The molecule has 1 aromatic carbocycles.